The lowest BCUT2D eigenvalue weighted by Crippen LogP contribution is -2.13. The first-order valence-electron chi connectivity index (χ1n) is 9.17. The fourth-order valence-corrected chi connectivity index (χ4v) is 3.50. The Balaban J connectivity index is 1.53. The van der Waals surface area contributed by atoms with Gasteiger partial charge in [-0.1, -0.05) is 23.9 Å². The summed E-state index contributed by atoms with van der Waals surface area (Å²) in [7, 11) is 1.73. The lowest BCUT2D eigenvalue weighted by Gasteiger charge is -2.06. The van der Waals surface area contributed by atoms with Gasteiger partial charge in [-0.2, -0.15) is 0 Å². The number of aryl methyl sites for hydroxylation is 1. The van der Waals surface area contributed by atoms with Gasteiger partial charge >= 0.3 is 0 Å². The van der Waals surface area contributed by atoms with E-state index in [1.165, 1.54) is 48.5 Å². The number of hydrogen-bond donors (Lipinski definition) is 1. The molecule has 0 aliphatic carbocycles. The van der Waals surface area contributed by atoms with Gasteiger partial charge in [-0.3, -0.25) is 19.7 Å². The normalized spacial score (nSPS) is 10.6. The Kier molecular flexibility index (Phi) is 7.08. The molecule has 11 heteroatoms. The summed E-state index contributed by atoms with van der Waals surface area (Å²) in [5.74, 6) is -0.287. The van der Waals surface area contributed by atoms with Crippen molar-refractivity contribution in [3.63, 3.8) is 0 Å². The zero-order chi connectivity index (χ0) is 22.4. The average Bonchev–Trinajstić information content (AvgIpc) is 3.11. The van der Waals surface area contributed by atoms with Gasteiger partial charge in [-0.05, 0) is 24.3 Å². The first kappa shape index (κ1) is 22.1. The van der Waals surface area contributed by atoms with Crippen molar-refractivity contribution in [2.75, 3.05) is 11.1 Å². The van der Waals surface area contributed by atoms with Crippen molar-refractivity contribution < 1.29 is 18.9 Å². The van der Waals surface area contributed by atoms with Crippen molar-refractivity contribution in [1.29, 1.82) is 0 Å². The summed E-state index contributed by atoms with van der Waals surface area (Å²) in [6.45, 7) is 0. The Morgan fingerprint density at radius 3 is 2.65 bits per heavy atom. The molecule has 2 aromatic carbocycles. The molecule has 1 amide bonds. The van der Waals surface area contributed by atoms with Crippen LogP contribution in [-0.2, 0) is 18.3 Å². The van der Waals surface area contributed by atoms with Gasteiger partial charge in [-0.15, -0.1) is 10.2 Å². The predicted molar refractivity (Wildman–Crippen MR) is 113 cm³/mol. The van der Waals surface area contributed by atoms with E-state index in [0.717, 1.165) is 11.8 Å². The van der Waals surface area contributed by atoms with Crippen molar-refractivity contribution in [1.82, 2.24) is 14.8 Å². The molecule has 31 heavy (non-hydrogen) atoms. The van der Waals surface area contributed by atoms with E-state index < -0.39 is 4.92 Å². The molecule has 0 spiro atoms. The minimum Gasteiger partial charge on any atom is -0.326 e. The van der Waals surface area contributed by atoms with E-state index in [1.54, 1.807) is 11.6 Å². The Hall–Kier alpha value is -3.60. The van der Waals surface area contributed by atoms with Gasteiger partial charge in [0.05, 0.1) is 10.7 Å². The highest BCUT2D eigenvalue weighted by Gasteiger charge is 2.15. The number of nitrogens with zero attached hydrogens (tertiary/aromatic N) is 4. The van der Waals surface area contributed by atoms with Gasteiger partial charge in [0.25, 0.3) is 5.69 Å². The molecule has 1 heterocycles. The number of benzene rings is 2. The maximum Gasteiger partial charge on any atom is 0.270 e. The van der Waals surface area contributed by atoms with Gasteiger partial charge in [0, 0.05) is 43.3 Å². The van der Waals surface area contributed by atoms with Crippen LogP contribution in [0, 0.1) is 15.9 Å². The Morgan fingerprint density at radius 2 is 1.94 bits per heavy atom. The molecule has 0 bridgehead atoms. The summed E-state index contributed by atoms with van der Waals surface area (Å²) < 4.78 is 14.6. The molecule has 1 N–H and O–H groups in total. The molecule has 0 aliphatic rings. The minimum atomic E-state index is -0.550. The molecular weight excluding hydrogens is 425 g/mol. The number of halogens is 1. The summed E-state index contributed by atoms with van der Waals surface area (Å²) in [6, 6.07) is 11.0. The van der Waals surface area contributed by atoms with Crippen LogP contribution in [0.5, 0.6) is 0 Å². The monoisotopic (exact) mass is 443 g/mol. The van der Waals surface area contributed by atoms with Crippen LogP contribution in [0.15, 0.2) is 53.7 Å². The van der Waals surface area contributed by atoms with Crippen LogP contribution >= 0.6 is 11.8 Å². The largest absolute Gasteiger partial charge is 0.326 e. The number of thioether (sulfide) groups is 1. The quantitative estimate of drug-likeness (QED) is 0.233. The first-order chi connectivity index (χ1) is 14.8. The predicted octanol–water partition coefficient (Wildman–Crippen LogP) is 3.41. The summed E-state index contributed by atoms with van der Waals surface area (Å²) in [6.07, 6.45) is 0.483. The fraction of sp³-hybridized carbons (Fsp3) is 0.200. The highest BCUT2D eigenvalue weighted by Crippen LogP contribution is 2.20. The molecule has 0 saturated carbocycles. The molecule has 0 fully saturated rings. The van der Waals surface area contributed by atoms with Crippen molar-refractivity contribution in [3.8, 4) is 0 Å². The summed E-state index contributed by atoms with van der Waals surface area (Å²) in [5.41, 5.74) is 0.609. The SMILES string of the molecule is Cn1c(CCC(=O)Nc2ccc(F)cc2)nnc1SCC(=O)c1cccc([N+](=O)[O-])c1. The first-order valence-corrected chi connectivity index (χ1v) is 10.2. The molecule has 3 rings (SSSR count). The van der Waals surface area contributed by atoms with E-state index >= 15 is 0 Å². The van der Waals surface area contributed by atoms with E-state index in [9.17, 15) is 24.1 Å². The van der Waals surface area contributed by atoms with Gasteiger partial charge in [0.15, 0.2) is 10.9 Å². The van der Waals surface area contributed by atoms with E-state index in [1.807, 2.05) is 0 Å². The van der Waals surface area contributed by atoms with Gasteiger partial charge in [-0.25, -0.2) is 4.39 Å². The lowest BCUT2D eigenvalue weighted by molar-refractivity contribution is -0.384. The second kappa shape index (κ2) is 9.94. The molecule has 0 atom stereocenters. The van der Waals surface area contributed by atoms with Crippen LogP contribution in [-0.4, -0.2) is 37.1 Å². The number of amides is 1. The Morgan fingerprint density at radius 1 is 1.19 bits per heavy atom. The van der Waals surface area contributed by atoms with Crippen LogP contribution < -0.4 is 5.32 Å². The number of nitro benzene ring substituents is 1. The number of ketones is 1. The smallest absolute Gasteiger partial charge is 0.270 e. The second-order valence-corrected chi connectivity index (χ2v) is 7.47. The maximum atomic E-state index is 12.9. The molecule has 0 unspecified atom stereocenters. The summed E-state index contributed by atoms with van der Waals surface area (Å²) in [4.78, 5) is 34.7. The molecule has 1 aromatic heterocycles. The molecular formula is C20H18FN5O4S. The van der Waals surface area contributed by atoms with Crippen LogP contribution in [0.25, 0.3) is 0 Å². The van der Waals surface area contributed by atoms with Crippen LogP contribution in [0.4, 0.5) is 15.8 Å². The van der Waals surface area contributed by atoms with Gasteiger partial charge < -0.3 is 9.88 Å². The van der Waals surface area contributed by atoms with Gasteiger partial charge in [0.1, 0.15) is 11.6 Å². The number of carbonyl (C=O) groups excluding carboxylic acids is 2. The summed E-state index contributed by atoms with van der Waals surface area (Å²) >= 11 is 1.16. The highest BCUT2D eigenvalue weighted by atomic mass is 32.2. The van der Waals surface area contributed by atoms with E-state index in [2.05, 4.69) is 15.5 Å². The maximum absolute atomic E-state index is 12.9. The zero-order valence-corrected chi connectivity index (χ0v) is 17.3. The molecule has 0 aliphatic heterocycles. The zero-order valence-electron chi connectivity index (χ0n) is 16.4. The number of nitrogens with one attached hydrogen (secondary N) is 1. The molecule has 3 aromatic rings. The number of hydrogen-bond acceptors (Lipinski definition) is 7. The molecule has 9 nitrogen and oxygen atoms in total. The summed E-state index contributed by atoms with van der Waals surface area (Å²) in [5, 5.41) is 22.1. The van der Waals surface area contributed by atoms with E-state index in [4.69, 9.17) is 0 Å². The minimum absolute atomic E-state index is 0.0399. The van der Waals surface area contributed by atoms with Crippen LogP contribution in [0.3, 0.4) is 0 Å². The third-order valence-electron chi connectivity index (χ3n) is 4.34. The number of nitro groups is 1. The number of carbonyl (C=O) groups is 2. The third-order valence-corrected chi connectivity index (χ3v) is 5.36. The van der Waals surface area contributed by atoms with Crippen molar-refractivity contribution >= 4 is 34.8 Å². The van der Waals surface area contributed by atoms with Crippen molar-refractivity contribution in [2.45, 2.75) is 18.0 Å². The molecule has 0 saturated heterocycles. The average molecular weight is 443 g/mol. The second-order valence-electron chi connectivity index (χ2n) is 6.53. The highest BCUT2D eigenvalue weighted by molar-refractivity contribution is 7.99. The third kappa shape index (κ3) is 5.95. The van der Waals surface area contributed by atoms with Crippen molar-refractivity contribution in [2.24, 2.45) is 7.05 Å². The van der Waals surface area contributed by atoms with E-state index in [0.29, 0.717) is 23.1 Å². The van der Waals surface area contributed by atoms with Crippen molar-refractivity contribution in [3.05, 3.63) is 75.9 Å². The standard InChI is InChI=1S/C20H18FN5O4S/c1-25-18(9-10-19(28)22-15-7-5-14(21)6-8-15)23-24-20(25)31-12-17(27)13-3-2-4-16(11-13)26(29)30/h2-8,11H,9-10,12H2,1H3,(H,22,28). The lowest BCUT2D eigenvalue weighted by atomic mass is 10.1. The number of anilines is 1. The number of Topliss-reactive ketones (excluding diaryl/α,β-unsaturated/α-hetero) is 1. The number of aromatic nitrogens is 3. The molecule has 160 valence electrons. The Labute approximate surface area is 180 Å². The number of non-ortho nitro benzene ring substituents is 1. The topological polar surface area (TPSA) is 120 Å². The van der Waals surface area contributed by atoms with Crippen LogP contribution in [0.2, 0.25) is 0 Å². The van der Waals surface area contributed by atoms with E-state index in [-0.39, 0.29) is 40.9 Å². The number of rotatable bonds is 9. The Bertz CT molecular complexity index is 1120. The molecule has 0 radical (unpaired) electrons. The van der Waals surface area contributed by atoms with Crippen LogP contribution in [0.1, 0.15) is 22.6 Å². The fourth-order valence-electron chi connectivity index (χ4n) is 2.68. The van der Waals surface area contributed by atoms with Gasteiger partial charge in [0.2, 0.25) is 5.91 Å².